The number of benzene rings is 1. The SMILES string of the molecule is C[C@@H](OCc1ccc(Br)cc1)[C@@H](NC(=O)OC(C)(C)C)C(=O)O. The van der Waals surface area contributed by atoms with E-state index in [2.05, 4.69) is 21.2 Å². The average Bonchev–Trinajstić information content (AvgIpc) is 2.41. The first kappa shape index (κ1) is 19.4. The highest BCUT2D eigenvalue weighted by atomic mass is 79.9. The van der Waals surface area contributed by atoms with Crippen LogP contribution < -0.4 is 5.32 Å². The van der Waals surface area contributed by atoms with E-state index in [1.807, 2.05) is 24.3 Å². The largest absolute Gasteiger partial charge is 0.480 e. The van der Waals surface area contributed by atoms with Gasteiger partial charge in [-0.15, -0.1) is 0 Å². The van der Waals surface area contributed by atoms with Gasteiger partial charge in [0.25, 0.3) is 0 Å². The van der Waals surface area contributed by atoms with Gasteiger partial charge in [0, 0.05) is 4.47 Å². The smallest absolute Gasteiger partial charge is 0.408 e. The molecule has 0 unspecified atom stereocenters. The van der Waals surface area contributed by atoms with Crippen LogP contribution in [0.4, 0.5) is 4.79 Å². The van der Waals surface area contributed by atoms with Crippen LogP contribution in [0.2, 0.25) is 0 Å². The molecule has 0 heterocycles. The summed E-state index contributed by atoms with van der Waals surface area (Å²) < 4.78 is 11.6. The van der Waals surface area contributed by atoms with Gasteiger partial charge in [-0.05, 0) is 45.4 Å². The lowest BCUT2D eigenvalue weighted by Gasteiger charge is -2.25. The summed E-state index contributed by atoms with van der Waals surface area (Å²) in [6.07, 6.45) is -1.51. The lowest BCUT2D eigenvalue weighted by molar-refractivity contribution is -0.143. The van der Waals surface area contributed by atoms with Gasteiger partial charge >= 0.3 is 12.1 Å². The molecular formula is C16H22BrNO5. The third-order valence-corrected chi connectivity index (χ3v) is 3.36. The number of hydrogen-bond acceptors (Lipinski definition) is 4. The fourth-order valence-electron chi connectivity index (χ4n) is 1.72. The van der Waals surface area contributed by atoms with Crippen molar-refractivity contribution in [2.75, 3.05) is 0 Å². The number of carbonyl (C=O) groups excluding carboxylic acids is 1. The molecule has 0 spiro atoms. The van der Waals surface area contributed by atoms with E-state index in [1.165, 1.54) is 0 Å². The van der Waals surface area contributed by atoms with E-state index in [9.17, 15) is 14.7 Å². The Morgan fingerprint density at radius 1 is 1.26 bits per heavy atom. The summed E-state index contributed by atoms with van der Waals surface area (Å²) in [6.45, 7) is 6.95. The summed E-state index contributed by atoms with van der Waals surface area (Å²) in [6, 6.07) is 6.29. The van der Waals surface area contributed by atoms with Crippen molar-refractivity contribution in [1.82, 2.24) is 5.32 Å². The number of carbonyl (C=O) groups is 2. The average molecular weight is 388 g/mol. The monoisotopic (exact) mass is 387 g/mol. The molecule has 0 saturated heterocycles. The van der Waals surface area contributed by atoms with Crippen molar-refractivity contribution in [2.45, 2.75) is 52.0 Å². The van der Waals surface area contributed by atoms with E-state index in [4.69, 9.17) is 9.47 Å². The normalized spacial score (nSPS) is 14.0. The molecule has 0 aromatic heterocycles. The van der Waals surface area contributed by atoms with Crippen molar-refractivity contribution < 1.29 is 24.2 Å². The molecule has 0 fully saturated rings. The molecular weight excluding hydrogens is 366 g/mol. The summed E-state index contributed by atoms with van der Waals surface area (Å²) in [4.78, 5) is 23.1. The number of carboxylic acid groups (broad SMARTS) is 1. The lowest BCUT2D eigenvalue weighted by Crippen LogP contribution is -2.50. The van der Waals surface area contributed by atoms with Gasteiger partial charge in [0.2, 0.25) is 0 Å². The molecule has 0 saturated carbocycles. The zero-order valence-corrected chi connectivity index (χ0v) is 15.2. The molecule has 1 amide bonds. The highest BCUT2D eigenvalue weighted by Crippen LogP contribution is 2.13. The van der Waals surface area contributed by atoms with Crippen molar-refractivity contribution in [2.24, 2.45) is 0 Å². The van der Waals surface area contributed by atoms with Crippen LogP contribution in [0.5, 0.6) is 0 Å². The number of rotatable bonds is 6. The zero-order chi connectivity index (χ0) is 17.6. The summed E-state index contributed by atoms with van der Waals surface area (Å²) >= 11 is 3.34. The molecule has 0 aliphatic rings. The second kappa shape index (κ2) is 8.31. The van der Waals surface area contributed by atoms with E-state index >= 15 is 0 Å². The molecule has 6 nitrogen and oxygen atoms in total. The highest BCUT2D eigenvalue weighted by Gasteiger charge is 2.29. The Balaban J connectivity index is 2.60. The third kappa shape index (κ3) is 7.47. The Kier molecular flexibility index (Phi) is 7.02. The van der Waals surface area contributed by atoms with Gasteiger partial charge in [0.05, 0.1) is 12.7 Å². The van der Waals surface area contributed by atoms with Crippen LogP contribution in [0.15, 0.2) is 28.7 Å². The predicted molar refractivity (Wildman–Crippen MR) is 89.2 cm³/mol. The Hall–Kier alpha value is -1.60. The van der Waals surface area contributed by atoms with E-state index < -0.39 is 29.8 Å². The molecule has 0 bridgehead atoms. The van der Waals surface area contributed by atoms with Crippen molar-refractivity contribution in [3.05, 3.63) is 34.3 Å². The van der Waals surface area contributed by atoms with E-state index in [0.717, 1.165) is 10.0 Å². The number of hydrogen-bond donors (Lipinski definition) is 2. The van der Waals surface area contributed by atoms with Crippen LogP contribution in [0.25, 0.3) is 0 Å². The Morgan fingerprint density at radius 3 is 2.30 bits per heavy atom. The maximum absolute atomic E-state index is 11.7. The molecule has 2 atom stereocenters. The summed E-state index contributed by atoms with van der Waals surface area (Å²) in [5.41, 5.74) is 0.204. The summed E-state index contributed by atoms with van der Waals surface area (Å²) in [7, 11) is 0. The van der Waals surface area contributed by atoms with Gasteiger partial charge in [-0.25, -0.2) is 9.59 Å². The first-order valence-corrected chi connectivity index (χ1v) is 7.96. The minimum absolute atomic E-state index is 0.244. The van der Waals surface area contributed by atoms with Gasteiger partial charge in [-0.2, -0.15) is 0 Å². The van der Waals surface area contributed by atoms with E-state index in [1.54, 1.807) is 27.7 Å². The van der Waals surface area contributed by atoms with Crippen LogP contribution in [0.3, 0.4) is 0 Å². The first-order valence-electron chi connectivity index (χ1n) is 7.17. The number of nitrogens with one attached hydrogen (secondary N) is 1. The number of amides is 1. The minimum atomic E-state index is -1.19. The topological polar surface area (TPSA) is 84.9 Å². The number of halogens is 1. The quantitative estimate of drug-likeness (QED) is 0.781. The first-order chi connectivity index (χ1) is 10.6. The fourth-order valence-corrected chi connectivity index (χ4v) is 1.98. The molecule has 1 aromatic rings. The molecule has 7 heteroatoms. The summed E-state index contributed by atoms with van der Waals surface area (Å²) in [5.74, 6) is -1.18. The number of alkyl carbamates (subject to hydrolysis) is 1. The van der Waals surface area contributed by atoms with Crippen LogP contribution in [-0.2, 0) is 20.9 Å². The molecule has 1 rings (SSSR count). The van der Waals surface area contributed by atoms with Crippen LogP contribution in [0.1, 0.15) is 33.3 Å². The Bertz CT molecular complexity index is 538. The Morgan fingerprint density at radius 2 is 1.83 bits per heavy atom. The van der Waals surface area contributed by atoms with Crippen LogP contribution in [0, 0.1) is 0 Å². The maximum atomic E-state index is 11.7. The van der Waals surface area contributed by atoms with Gasteiger partial charge < -0.3 is 19.9 Å². The predicted octanol–water partition coefficient (Wildman–Crippen LogP) is 3.33. The van der Waals surface area contributed by atoms with Gasteiger partial charge in [-0.1, -0.05) is 28.1 Å². The summed E-state index contributed by atoms with van der Waals surface area (Å²) in [5, 5.41) is 11.6. The second-order valence-electron chi connectivity index (χ2n) is 6.10. The van der Waals surface area contributed by atoms with E-state index in [-0.39, 0.29) is 6.61 Å². The highest BCUT2D eigenvalue weighted by molar-refractivity contribution is 9.10. The van der Waals surface area contributed by atoms with Crippen molar-refractivity contribution >= 4 is 28.0 Å². The standard InChI is InChI=1S/C16H22BrNO5/c1-10(22-9-11-5-7-12(17)8-6-11)13(14(19)20)18-15(21)23-16(2,3)4/h5-8,10,13H,9H2,1-4H3,(H,18,21)(H,19,20)/t10-,13-/m1/s1. The van der Waals surface area contributed by atoms with Crippen molar-refractivity contribution in [3.8, 4) is 0 Å². The second-order valence-corrected chi connectivity index (χ2v) is 7.02. The molecule has 128 valence electrons. The third-order valence-electron chi connectivity index (χ3n) is 2.83. The fraction of sp³-hybridized carbons (Fsp3) is 0.500. The molecule has 0 aliphatic heterocycles. The van der Waals surface area contributed by atoms with Gasteiger partial charge in [-0.3, -0.25) is 0 Å². The van der Waals surface area contributed by atoms with E-state index in [0.29, 0.717) is 0 Å². The van der Waals surface area contributed by atoms with Crippen molar-refractivity contribution in [3.63, 3.8) is 0 Å². The molecule has 2 N–H and O–H groups in total. The zero-order valence-electron chi connectivity index (χ0n) is 13.6. The molecule has 1 aromatic carbocycles. The minimum Gasteiger partial charge on any atom is -0.480 e. The number of carboxylic acids is 1. The molecule has 23 heavy (non-hydrogen) atoms. The van der Waals surface area contributed by atoms with Gasteiger partial charge in [0.15, 0.2) is 6.04 Å². The van der Waals surface area contributed by atoms with Crippen LogP contribution in [-0.4, -0.2) is 34.9 Å². The van der Waals surface area contributed by atoms with Gasteiger partial charge in [0.1, 0.15) is 5.60 Å². The maximum Gasteiger partial charge on any atom is 0.408 e. The number of ether oxygens (including phenoxy) is 2. The molecule has 0 aliphatic carbocycles. The van der Waals surface area contributed by atoms with Crippen molar-refractivity contribution in [1.29, 1.82) is 0 Å². The number of aliphatic carboxylic acids is 1. The Labute approximate surface area is 144 Å². The van der Waals surface area contributed by atoms with Crippen LogP contribution >= 0.6 is 15.9 Å². The lowest BCUT2D eigenvalue weighted by atomic mass is 10.1. The molecule has 0 radical (unpaired) electrons.